The molecule has 1 aromatic carbocycles. The van der Waals surface area contributed by atoms with Gasteiger partial charge in [-0.3, -0.25) is 0 Å². The third kappa shape index (κ3) is 1.83. The maximum absolute atomic E-state index is 3.78. The first-order valence-corrected chi connectivity index (χ1v) is 4.83. The van der Waals surface area contributed by atoms with Crippen LogP contribution in [0.1, 0.15) is 5.56 Å². The predicted molar refractivity (Wildman–Crippen MR) is 54.3 cm³/mol. The van der Waals surface area contributed by atoms with Gasteiger partial charge in [0.1, 0.15) is 0 Å². The number of para-hydroxylation sites is 1. The van der Waals surface area contributed by atoms with Crippen LogP contribution < -0.4 is 10.6 Å². The summed E-state index contributed by atoms with van der Waals surface area (Å²) in [5.41, 5.74) is 2.75. The average molecular weight is 176 g/mol. The summed E-state index contributed by atoms with van der Waals surface area (Å²) >= 11 is 0. The highest BCUT2D eigenvalue weighted by Gasteiger charge is 2.17. The Hall–Kier alpha value is -1.02. The first-order chi connectivity index (χ1) is 6.40. The third-order valence-corrected chi connectivity index (χ3v) is 2.61. The molecule has 2 nitrogen and oxygen atoms in total. The summed E-state index contributed by atoms with van der Waals surface area (Å²) in [6, 6.07) is 8.55. The number of quaternary nitrogens is 1. The fourth-order valence-electron chi connectivity index (χ4n) is 1.91. The van der Waals surface area contributed by atoms with Gasteiger partial charge in [-0.1, -0.05) is 18.2 Å². The summed E-state index contributed by atoms with van der Waals surface area (Å²) in [6.07, 6.45) is 1.19. The van der Waals surface area contributed by atoms with Crippen LogP contribution in [0.5, 0.6) is 0 Å². The van der Waals surface area contributed by atoms with Gasteiger partial charge >= 0.3 is 0 Å². The number of nitrogens with one attached hydrogen (secondary N) is 1. The molecule has 1 atom stereocenters. The van der Waals surface area contributed by atoms with E-state index in [1.807, 2.05) is 5.32 Å². The molecule has 0 aliphatic carbocycles. The van der Waals surface area contributed by atoms with Gasteiger partial charge in [-0.25, -0.2) is 0 Å². The van der Waals surface area contributed by atoms with Gasteiger partial charge in [0.2, 0.25) is 0 Å². The van der Waals surface area contributed by atoms with Crippen LogP contribution in [0.4, 0.5) is 5.69 Å². The molecule has 1 aliphatic rings. The average Bonchev–Trinajstić information content (AvgIpc) is 2.18. The lowest BCUT2D eigenvalue weighted by Crippen LogP contribution is -2.79. The van der Waals surface area contributed by atoms with Crippen molar-refractivity contribution in [1.82, 2.24) is 0 Å². The van der Waals surface area contributed by atoms with Crippen LogP contribution in [-0.4, -0.2) is 13.1 Å². The lowest BCUT2D eigenvalue weighted by atomic mass is 9.94. The van der Waals surface area contributed by atoms with Crippen LogP contribution in [0.15, 0.2) is 24.3 Å². The van der Waals surface area contributed by atoms with E-state index < -0.39 is 0 Å². The maximum Gasteiger partial charge on any atom is 0.0564 e. The molecule has 0 saturated carbocycles. The van der Waals surface area contributed by atoms with E-state index in [9.17, 15) is 0 Å². The Balaban J connectivity index is 2.11. The van der Waals surface area contributed by atoms with Crippen LogP contribution in [0.2, 0.25) is 0 Å². The first kappa shape index (κ1) is 8.57. The molecule has 2 rings (SSSR count). The van der Waals surface area contributed by atoms with Gasteiger partial charge in [0.05, 0.1) is 6.54 Å². The quantitative estimate of drug-likeness (QED) is 0.636. The fraction of sp³-hybridized carbons (Fsp3) is 0.364. The van der Waals surface area contributed by atoms with Crippen molar-refractivity contribution < 1.29 is 5.32 Å². The molecule has 13 heavy (non-hydrogen) atoms. The van der Waals surface area contributed by atoms with E-state index in [1.165, 1.54) is 17.7 Å². The van der Waals surface area contributed by atoms with Crippen LogP contribution in [0, 0.1) is 13.0 Å². The van der Waals surface area contributed by atoms with Crippen molar-refractivity contribution in [2.45, 2.75) is 6.42 Å². The zero-order valence-electron chi connectivity index (χ0n) is 7.79. The van der Waals surface area contributed by atoms with Gasteiger partial charge in [0.25, 0.3) is 0 Å². The standard InChI is InChI=1S/C11H16N2/c1-12-7-9-6-10-4-2-3-5-11(10)13-8-9/h2-5,9,13H,1,6-8,12H2. The Kier molecular flexibility index (Phi) is 2.50. The molecule has 0 amide bonds. The number of nitrogens with two attached hydrogens (primary N) is 1. The van der Waals surface area contributed by atoms with E-state index in [2.05, 4.69) is 36.6 Å². The molecular weight excluding hydrogens is 160 g/mol. The highest BCUT2D eigenvalue weighted by atomic mass is 14.9. The topological polar surface area (TPSA) is 28.6 Å². The number of anilines is 1. The SMILES string of the molecule is [CH2-][NH2+]CC1CNc2ccccc2C1. The molecule has 0 fully saturated rings. The Labute approximate surface area is 79.4 Å². The van der Waals surface area contributed by atoms with Crippen LogP contribution in [0.3, 0.4) is 0 Å². The van der Waals surface area contributed by atoms with Crippen LogP contribution in [-0.2, 0) is 6.42 Å². The van der Waals surface area contributed by atoms with Gasteiger partial charge in [-0.15, -0.1) is 0 Å². The largest absolute Gasteiger partial charge is 0.479 e. The van der Waals surface area contributed by atoms with Crippen LogP contribution >= 0.6 is 0 Å². The van der Waals surface area contributed by atoms with Crippen LogP contribution in [0.25, 0.3) is 0 Å². The highest BCUT2D eigenvalue weighted by molar-refractivity contribution is 5.53. The Morgan fingerprint density at radius 3 is 3.15 bits per heavy atom. The Morgan fingerprint density at radius 2 is 2.31 bits per heavy atom. The number of hydrogen-bond acceptors (Lipinski definition) is 1. The van der Waals surface area contributed by atoms with Gasteiger partial charge in [0.15, 0.2) is 0 Å². The molecule has 0 spiro atoms. The number of benzene rings is 1. The zero-order valence-corrected chi connectivity index (χ0v) is 7.79. The molecule has 1 unspecified atom stereocenters. The van der Waals surface area contributed by atoms with Crippen molar-refractivity contribution in [3.8, 4) is 0 Å². The van der Waals surface area contributed by atoms with Crippen molar-refractivity contribution in [2.75, 3.05) is 18.4 Å². The van der Waals surface area contributed by atoms with E-state index in [-0.39, 0.29) is 0 Å². The molecule has 0 radical (unpaired) electrons. The first-order valence-electron chi connectivity index (χ1n) is 4.83. The second-order valence-corrected chi connectivity index (χ2v) is 3.63. The minimum Gasteiger partial charge on any atom is -0.479 e. The predicted octanol–water partition coefficient (Wildman–Crippen LogP) is 0.626. The monoisotopic (exact) mass is 176 g/mol. The summed E-state index contributed by atoms with van der Waals surface area (Å²) in [5.74, 6) is 0.729. The smallest absolute Gasteiger partial charge is 0.0564 e. The second kappa shape index (κ2) is 3.79. The van der Waals surface area contributed by atoms with Crippen molar-refractivity contribution in [2.24, 2.45) is 5.92 Å². The minimum atomic E-state index is 0.729. The van der Waals surface area contributed by atoms with E-state index in [1.54, 1.807) is 0 Å². The maximum atomic E-state index is 3.78. The minimum absolute atomic E-state index is 0.729. The van der Waals surface area contributed by atoms with E-state index >= 15 is 0 Å². The van der Waals surface area contributed by atoms with E-state index in [0.29, 0.717) is 0 Å². The lowest BCUT2D eigenvalue weighted by Gasteiger charge is -2.25. The number of hydrogen-bond donors (Lipinski definition) is 2. The zero-order chi connectivity index (χ0) is 9.10. The second-order valence-electron chi connectivity index (χ2n) is 3.63. The number of rotatable bonds is 2. The molecule has 0 aromatic heterocycles. The van der Waals surface area contributed by atoms with Gasteiger partial charge in [-0.05, 0) is 18.1 Å². The van der Waals surface area contributed by atoms with Gasteiger partial charge in [0, 0.05) is 18.2 Å². The molecule has 3 N–H and O–H groups in total. The molecule has 1 aromatic rings. The van der Waals surface area contributed by atoms with Gasteiger partial charge < -0.3 is 10.6 Å². The highest BCUT2D eigenvalue weighted by Crippen LogP contribution is 2.23. The molecular formula is C11H16N2. The molecule has 1 heterocycles. The lowest BCUT2D eigenvalue weighted by molar-refractivity contribution is -0.601. The van der Waals surface area contributed by atoms with E-state index in [4.69, 9.17) is 0 Å². The molecule has 1 aliphatic heterocycles. The Morgan fingerprint density at radius 1 is 1.46 bits per heavy atom. The molecule has 70 valence electrons. The van der Waals surface area contributed by atoms with Crippen molar-refractivity contribution >= 4 is 5.69 Å². The summed E-state index contributed by atoms with van der Waals surface area (Å²) in [7, 11) is 3.78. The summed E-state index contributed by atoms with van der Waals surface area (Å²) in [4.78, 5) is 0. The normalized spacial score (nSPS) is 20.5. The molecule has 0 bridgehead atoms. The summed E-state index contributed by atoms with van der Waals surface area (Å²) < 4.78 is 0. The summed E-state index contributed by atoms with van der Waals surface area (Å²) in [5, 5.41) is 5.46. The fourth-order valence-corrected chi connectivity index (χ4v) is 1.91. The van der Waals surface area contributed by atoms with E-state index in [0.717, 1.165) is 19.0 Å². The van der Waals surface area contributed by atoms with Crippen molar-refractivity contribution in [1.29, 1.82) is 0 Å². The Bertz CT molecular complexity index is 283. The summed E-state index contributed by atoms with van der Waals surface area (Å²) in [6.45, 7) is 2.20. The third-order valence-electron chi connectivity index (χ3n) is 2.61. The molecule has 0 saturated heterocycles. The van der Waals surface area contributed by atoms with Crippen molar-refractivity contribution in [3.63, 3.8) is 0 Å². The van der Waals surface area contributed by atoms with Gasteiger partial charge in [-0.2, -0.15) is 7.05 Å². The molecule has 2 heteroatoms. The number of fused-ring (bicyclic) bond motifs is 1. The van der Waals surface area contributed by atoms with Crippen molar-refractivity contribution in [3.05, 3.63) is 36.9 Å².